The van der Waals surface area contributed by atoms with E-state index in [-0.39, 0.29) is 11.5 Å². The van der Waals surface area contributed by atoms with Crippen LogP contribution in [-0.2, 0) is 13.5 Å². The van der Waals surface area contributed by atoms with Crippen LogP contribution >= 0.6 is 0 Å². The molecule has 0 radical (unpaired) electrons. The van der Waals surface area contributed by atoms with Crippen molar-refractivity contribution in [1.82, 2.24) is 29.2 Å². The topological polar surface area (TPSA) is 83.8 Å². The Balaban J connectivity index is 1.19. The number of hydrogen-bond donors (Lipinski definition) is 0. The third-order valence-electron chi connectivity index (χ3n) is 8.59. The Morgan fingerprint density at radius 3 is 2.42 bits per heavy atom. The molecule has 2 aromatic heterocycles. The van der Waals surface area contributed by atoms with E-state index in [0.717, 1.165) is 68.6 Å². The highest BCUT2D eigenvalue weighted by atomic mass is 16.5. The molecule has 0 N–H and O–H groups in total. The Hall–Kier alpha value is -3.82. The standard InChI is InChI=1S/C31H36N6O3/c1-34-14-16-36(17-15-34)23-10-12-37(13-11-23)30(38)22-9-8-21(27(18-22)40-3)19-28-32-20-26-29(33-28)24-6-4-5-7-25(24)31(39)35(26)2/h4-9,18,20,23H,10-17,19H2,1-3H3. The molecule has 2 aliphatic heterocycles. The van der Waals surface area contributed by atoms with Crippen molar-refractivity contribution >= 4 is 27.7 Å². The van der Waals surface area contributed by atoms with Gasteiger partial charge in [-0.3, -0.25) is 14.5 Å². The number of carbonyl (C=O) groups is 1. The number of aromatic nitrogens is 3. The van der Waals surface area contributed by atoms with Crippen LogP contribution in [0.2, 0.25) is 0 Å². The van der Waals surface area contributed by atoms with E-state index in [0.29, 0.717) is 40.5 Å². The van der Waals surface area contributed by atoms with Gasteiger partial charge in [-0.25, -0.2) is 9.97 Å². The fraction of sp³-hybridized carbons (Fsp3) is 0.419. The molecule has 0 unspecified atom stereocenters. The number of nitrogens with zero attached hydrogens (tertiary/aromatic N) is 6. The Morgan fingerprint density at radius 1 is 0.975 bits per heavy atom. The van der Waals surface area contributed by atoms with Gasteiger partial charge in [-0.15, -0.1) is 0 Å². The van der Waals surface area contributed by atoms with Crippen LogP contribution < -0.4 is 10.3 Å². The summed E-state index contributed by atoms with van der Waals surface area (Å²) < 4.78 is 7.30. The number of rotatable bonds is 5. The molecule has 6 rings (SSSR count). The number of methoxy groups -OCH3 is 1. The van der Waals surface area contributed by atoms with Crippen LogP contribution in [0, 0.1) is 0 Å². The number of amides is 1. The van der Waals surface area contributed by atoms with Crippen LogP contribution in [0.25, 0.3) is 21.8 Å². The summed E-state index contributed by atoms with van der Waals surface area (Å²) in [6.07, 6.45) is 4.19. The van der Waals surface area contributed by atoms with E-state index in [2.05, 4.69) is 21.8 Å². The SMILES string of the molecule is COc1cc(C(=O)N2CCC(N3CCN(C)CC3)CC2)ccc1Cc1ncc2c(n1)c1ccccc1c(=O)n2C. The number of likely N-dealkylation sites (N-methyl/N-ethyl adjacent to an activating group) is 1. The van der Waals surface area contributed by atoms with Gasteiger partial charge < -0.3 is 19.1 Å². The number of benzene rings is 2. The zero-order chi connectivity index (χ0) is 27.8. The van der Waals surface area contributed by atoms with Gasteiger partial charge in [0.2, 0.25) is 0 Å². The molecule has 208 valence electrons. The number of pyridine rings is 1. The summed E-state index contributed by atoms with van der Waals surface area (Å²) in [4.78, 5) is 42.5. The fourth-order valence-electron chi connectivity index (χ4n) is 6.10. The lowest BCUT2D eigenvalue weighted by atomic mass is 10.0. The Labute approximate surface area is 234 Å². The van der Waals surface area contributed by atoms with Crippen molar-refractivity contribution < 1.29 is 9.53 Å². The second-order valence-corrected chi connectivity index (χ2v) is 11.0. The van der Waals surface area contributed by atoms with E-state index in [4.69, 9.17) is 9.72 Å². The van der Waals surface area contributed by atoms with Crippen molar-refractivity contribution in [2.24, 2.45) is 7.05 Å². The maximum atomic E-state index is 13.4. The zero-order valence-electron chi connectivity index (χ0n) is 23.5. The molecule has 0 aliphatic carbocycles. The molecule has 0 saturated carbocycles. The predicted molar refractivity (Wildman–Crippen MR) is 156 cm³/mol. The lowest BCUT2D eigenvalue weighted by molar-refractivity contribution is 0.0518. The summed E-state index contributed by atoms with van der Waals surface area (Å²) in [5.74, 6) is 1.32. The molecule has 40 heavy (non-hydrogen) atoms. The molecule has 0 atom stereocenters. The second-order valence-electron chi connectivity index (χ2n) is 11.0. The molecule has 2 aliphatic rings. The molecular weight excluding hydrogens is 504 g/mol. The Morgan fingerprint density at radius 2 is 1.70 bits per heavy atom. The molecule has 2 fully saturated rings. The fourth-order valence-corrected chi connectivity index (χ4v) is 6.10. The maximum absolute atomic E-state index is 13.4. The van der Waals surface area contributed by atoms with Crippen LogP contribution in [0.15, 0.2) is 53.5 Å². The number of hydrogen-bond acceptors (Lipinski definition) is 7. The first-order chi connectivity index (χ1) is 19.4. The monoisotopic (exact) mass is 540 g/mol. The van der Waals surface area contributed by atoms with Crippen LogP contribution in [-0.4, -0.2) is 94.6 Å². The minimum atomic E-state index is -0.0649. The summed E-state index contributed by atoms with van der Waals surface area (Å²) in [5.41, 5.74) is 2.91. The van der Waals surface area contributed by atoms with Gasteiger partial charge in [-0.05, 0) is 38.1 Å². The number of aryl methyl sites for hydroxylation is 1. The van der Waals surface area contributed by atoms with Gasteiger partial charge in [-0.1, -0.05) is 24.3 Å². The molecule has 0 spiro atoms. The largest absolute Gasteiger partial charge is 0.496 e. The highest BCUT2D eigenvalue weighted by molar-refractivity contribution is 6.02. The first kappa shape index (κ1) is 26.4. The molecule has 9 heteroatoms. The highest BCUT2D eigenvalue weighted by Gasteiger charge is 2.29. The lowest BCUT2D eigenvalue weighted by Crippen LogP contribution is -2.52. The van der Waals surface area contributed by atoms with E-state index in [1.165, 1.54) is 0 Å². The van der Waals surface area contributed by atoms with Gasteiger partial charge in [-0.2, -0.15) is 0 Å². The van der Waals surface area contributed by atoms with Gasteiger partial charge in [0.1, 0.15) is 11.6 Å². The summed E-state index contributed by atoms with van der Waals surface area (Å²) in [6.45, 7) is 6.02. The van der Waals surface area contributed by atoms with Gasteiger partial charge in [0.05, 0.1) is 24.3 Å². The first-order valence-electron chi connectivity index (χ1n) is 14.0. The highest BCUT2D eigenvalue weighted by Crippen LogP contribution is 2.26. The number of piperazine rings is 1. The number of fused-ring (bicyclic) bond motifs is 3. The van der Waals surface area contributed by atoms with E-state index < -0.39 is 0 Å². The van der Waals surface area contributed by atoms with Crippen LogP contribution in [0.1, 0.15) is 34.6 Å². The molecule has 9 nitrogen and oxygen atoms in total. The Bertz CT molecular complexity index is 1620. The maximum Gasteiger partial charge on any atom is 0.258 e. The molecule has 2 saturated heterocycles. The van der Waals surface area contributed by atoms with E-state index in [1.54, 1.807) is 24.9 Å². The van der Waals surface area contributed by atoms with Gasteiger partial charge >= 0.3 is 0 Å². The normalized spacial score (nSPS) is 17.5. The molecular formula is C31H36N6O3. The predicted octanol–water partition coefficient (Wildman–Crippen LogP) is 2.93. The summed E-state index contributed by atoms with van der Waals surface area (Å²) in [6, 6.07) is 13.7. The van der Waals surface area contributed by atoms with E-state index in [1.807, 2.05) is 47.4 Å². The number of carbonyl (C=O) groups excluding carboxylic acids is 1. The van der Waals surface area contributed by atoms with Crippen molar-refractivity contribution in [1.29, 1.82) is 0 Å². The molecule has 0 bridgehead atoms. The minimum absolute atomic E-state index is 0.0519. The zero-order valence-corrected chi connectivity index (χ0v) is 23.5. The summed E-state index contributed by atoms with van der Waals surface area (Å²) in [7, 11) is 5.55. The number of ether oxygens (including phenoxy) is 1. The third-order valence-corrected chi connectivity index (χ3v) is 8.59. The molecule has 2 aromatic carbocycles. The molecule has 1 amide bonds. The van der Waals surface area contributed by atoms with Gasteiger partial charge in [0.25, 0.3) is 11.5 Å². The van der Waals surface area contributed by atoms with Crippen LogP contribution in [0.5, 0.6) is 5.75 Å². The third kappa shape index (κ3) is 4.95. The lowest BCUT2D eigenvalue weighted by Gasteiger charge is -2.42. The van der Waals surface area contributed by atoms with Crippen LogP contribution in [0.4, 0.5) is 0 Å². The van der Waals surface area contributed by atoms with Crippen molar-refractivity contribution in [2.45, 2.75) is 25.3 Å². The smallest absolute Gasteiger partial charge is 0.258 e. The van der Waals surface area contributed by atoms with E-state index >= 15 is 0 Å². The van der Waals surface area contributed by atoms with Gasteiger partial charge in [0, 0.05) is 80.7 Å². The summed E-state index contributed by atoms with van der Waals surface area (Å²) in [5, 5.41) is 1.45. The van der Waals surface area contributed by atoms with Crippen LogP contribution in [0.3, 0.4) is 0 Å². The molecule has 4 aromatic rings. The average molecular weight is 541 g/mol. The summed E-state index contributed by atoms with van der Waals surface area (Å²) >= 11 is 0. The van der Waals surface area contributed by atoms with E-state index in [9.17, 15) is 9.59 Å². The van der Waals surface area contributed by atoms with Gasteiger partial charge in [0.15, 0.2) is 0 Å². The van der Waals surface area contributed by atoms with Crippen molar-refractivity contribution in [3.8, 4) is 5.75 Å². The quantitative estimate of drug-likeness (QED) is 0.360. The Kier molecular flexibility index (Phi) is 7.25. The minimum Gasteiger partial charge on any atom is -0.496 e. The van der Waals surface area contributed by atoms with Crippen molar-refractivity contribution in [3.63, 3.8) is 0 Å². The number of likely N-dealkylation sites (tertiary alicyclic amines) is 1. The number of piperidine rings is 1. The van der Waals surface area contributed by atoms with Crippen molar-refractivity contribution in [3.05, 3.63) is 76.0 Å². The second kappa shape index (κ2) is 11.0. The van der Waals surface area contributed by atoms with Crippen molar-refractivity contribution in [2.75, 3.05) is 53.4 Å². The average Bonchev–Trinajstić information content (AvgIpc) is 3.00. The molecule has 4 heterocycles. The first-order valence-corrected chi connectivity index (χ1v) is 14.0.